The summed E-state index contributed by atoms with van der Waals surface area (Å²) in [4.78, 5) is 4.41. The Labute approximate surface area is 105 Å². The monoisotopic (exact) mass is 237 g/mol. The van der Waals surface area contributed by atoms with Crippen LogP contribution in [0.25, 0.3) is 22.2 Å². The molecule has 0 aliphatic rings. The fourth-order valence-corrected chi connectivity index (χ4v) is 2.07. The molecular weight excluding hydrogens is 225 g/mol. The maximum Gasteiger partial charge on any atom is 0.150 e. The van der Waals surface area contributed by atoms with E-state index in [-0.39, 0.29) is 5.82 Å². The molecule has 0 saturated heterocycles. The highest BCUT2D eigenvalue weighted by atomic mass is 19.1. The molecule has 0 amide bonds. The lowest BCUT2D eigenvalue weighted by Gasteiger charge is -2.05. The Morgan fingerprint density at radius 3 is 2.50 bits per heavy atom. The first-order chi connectivity index (χ1) is 8.74. The fraction of sp³-hybridized carbons (Fsp3) is 0.0625. The molecule has 0 aliphatic carbocycles. The molecule has 0 fully saturated rings. The van der Waals surface area contributed by atoms with Gasteiger partial charge in [-0.25, -0.2) is 9.37 Å². The molecule has 0 aliphatic heterocycles. The zero-order valence-corrected chi connectivity index (χ0v) is 10.0. The van der Waals surface area contributed by atoms with Gasteiger partial charge in [0.25, 0.3) is 0 Å². The molecule has 0 saturated carbocycles. The van der Waals surface area contributed by atoms with Gasteiger partial charge in [0.15, 0.2) is 0 Å². The van der Waals surface area contributed by atoms with Crippen molar-refractivity contribution in [2.24, 2.45) is 0 Å². The van der Waals surface area contributed by atoms with E-state index in [0.29, 0.717) is 5.69 Å². The third-order valence-electron chi connectivity index (χ3n) is 2.97. The van der Waals surface area contributed by atoms with Crippen LogP contribution in [0.15, 0.2) is 54.6 Å². The lowest BCUT2D eigenvalue weighted by atomic mass is 10.1. The number of aromatic nitrogens is 1. The maximum atomic E-state index is 14.1. The number of fused-ring (bicyclic) bond motifs is 1. The Kier molecular flexibility index (Phi) is 2.56. The molecule has 0 spiro atoms. The average molecular weight is 237 g/mol. The predicted octanol–water partition coefficient (Wildman–Crippen LogP) is 4.35. The smallest absolute Gasteiger partial charge is 0.150 e. The van der Waals surface area contributed by atoms with Crippen LogP contribution in [0, 0.1) is 12.7 Å². The van der Waals surface area contributed by atoms with Gasteiger partial charge >= 0.3 is 0 Å². The van der Waals surface area contributed by atoms with Crippen molar-refractivity contribution >= 4 is 10.9 Å². The summed E-state index contributed by atoms with van der Waals surface area (Å²) in [6, 6.07) is 16.8. The Morgan fingerprint density at radius 1 is 0.944 bits per heavy atom. The summed E-state index contributed by atoms with van der Waals surface area (Å²) >= 11 is 0. The van der Waals surface area contributed by atoms with Crippen molar-refractivity contribution < 1.29 is 4.39 Å². The highest BCUT2D eigenvalue weighted by Crippen LogP contribution is 2.24. The highest BCUT2D eigenvalue weighted by molar-refractivity contribution is 5.82. The number of hydrogen-bond donors (Lipinski definition) is 0. The topological polar surface area (TPSA) is 12.9 Å². The van der Waals surface area contributed by atoms with Gasteiger partial charge in [0.1, 0.15) is 11.5 Å². The van der Waals surface area contributed by atoms with Crippen molar-refractivity contribution in [1.29, 1.82) is 0 Å². The van der Waals surface area contributed by atoms with Gasteiger partial charge in [-0.3, -0.25) is 0 Å². The molecule has 1 nitrogen and oxygen atoms in total. The SMILES string of the molecule is Cc1ccc2nc(-c3ccccc3)c(F)cc2c1. The minimum atomic E-state index is -0.278. The van der Waals surface area contributed by atoms with Crippen LogP contribution in [-0.2, 0) is 0 Å². The summed E-state index contributed by atoms with van der Waals surface area (Å²) < 4.78 is 14.1. The molecule has 3 aromatic rings. The van der Waals surface area contributed by atoms with Crippen LogP contribution >= 0.6 is 0 Å². The lowest BCUT2D eigenvalue weighted by molar-refractivity contribution is 0.628. The van der Waals surface area contributed by atoms with Gasteiger partial charge in [0.2, 0.25) is 0 Å². The summed E-state index contributed by atoms with van der Waals surface area (Å²) in [6.07, 6.45) is 0. The minimum Gasteiger partial charge on any atom is -0.245 e. The van der Waals surface area contributed by atoms with Gasteiger partial charge in [-0.15, -0.1) is 0 Å². The van der Waals surface area contributed by atoms with E-state index >= 15 is 0 Å². The average Bonchev–Trinajstić information content (AvgIpc) is 2.39. The van der Waals surface area contributed by atoms with Gasteiger partial charge in [-0.05, 0) is 25.1 Å². The number of hydrogen-bond acceptors (Lipinski definition) is 1. The quantitative estimate of drug-likeness (QED) is 0.613. The van der Waals surface area contributed by atoms with Gasteiger partial charge in [-0.1, -0.05) is 42.0 Å². The van der Waals surface area contributed by atoms with Crippen molar-refractivity contribution in [3.8, 4) is 11.3 Å². The van der Waals surface area contributed by atoms with Crippen LogP contribution in [0.1, 0.15) is 5.56 Å². The number of nitrogens with zero attached hydrogens (tertiary/aromatic N) is 1. The molecular formula is C16H12FN. The zero-order valence-electron chi connectivity index (χ0n) is 10.0. The summed E-state index contributed by atoms with van der Waals surface area (Å²) in [5.74, 6) is -0.278. The van der Waals surface area contributed by atoms with E-state index in [9.17, 15) is 4.39 Å². The molecule has 18 heavy (non-hydrogen) atoms. The lowest BCUT2D eigenvalue weighted by Crippen LogP contribution is -1.91. The number of halogens is 1. The number of rotatable bonds is 1. The summed E-state index contributed by atoms with van der Waals surface area (Å²) in [5, 5.41) is 0.840. The standard InChI is InChI=1S/C16H12FN/c1-11-7-8-15-13(9-11)10-14(17)16(18-15)12-5-3-2-4-6-12/h2-10H,1H3. The fourth-order valence-electron chi connectivity index (χ4n) is 2.07. The maximum absolute atomic E-state index is 14.1. The van der Waals surface area contributed by atoms with E-state index in [1.54, 1.807) is 6.07 Å². The predicted molar refractivity (Wildman–Crippen MR) is 71.9 cm³/mol. The molecule has 1 aromatic heterocycles. The Balaban J connectivity index is 2.25. The number of pyridine rings is 1. The van der Waals surface area contributed by atoms with E-state index in [2.05, 4.69) is 4.98 Å². The largest absolute Gasteiger partial charge is 0.245 e. The van der Waals surface area contributed by atoms with Crippen molar-refractivity contribution in [2.45, 2.75) is 6.92 Å². The second-order valence-electron chi connectivity index (χ2n) is 4.38. The molecule has 0 N–H and O–H groups in total. The van der Waals surface area contributed by atoms with Crippen LogP contribution in [0.2, 0.25) is 0 Å². The van der Waals surface area contributed by atoms with Gasteiger partial charge in [0.05, 0.1) is 5.52 Å². The third kappa shape index (κ3) is 1.86. The van der Waals surface area contributed by atoms with Crippen molar-refractivity contribution in [1.82, 2.24) is 4.98 Å². The first kappa shape index (κ1) is 10.9. The zero-order chi connectivity index (χ0) is 12.5. The van der Waals surface area contributed by atoms with Crippen molar-refractivity contribution in [2.75, 3.05) is 0 Å². The van der Waals surface area contributed by atoms with E-state index < -0.39 is 0 Å². The normalized spacial score (nSPS) is 10.8. The highest BCUT2D eigenvalue weighted by Gasteiger charge is 2.08. The van der Waals surface area contributed by atoms with E-state index in [1.807, 2.05) is 55.5 Å². The molecule has 3 rings (SSSR count). The Bertz CT molecular complexity index is 705. The first-order valence-corrected chi connectivity index (χ1v) is 5.86. The minimum absolute atomic E-state index is 0.278. The molecule has 2 aromatic carbocycles. The van der Waals surface area contributed by atoms with Gasteiger partial charge < -0.3 is 0 Å². The Morgan fingerprint density at radius 2 is 1.72 bits per heavy atom. The summed E-state index contributed by atoms with van der Waals surface area (Å²) in [5.41, 5.74) is 3.14. The van der Waals surface area contributed by atoms with Crippen molar-refractivity contribution in [3.63, 3.8) is 0 Å². The summed E-state index contributed by atoms with van der Waals surface area (Å²) in [6.45, 7) is 1.99. The Hall–Kier alpha value is -2.22. The van der Waals surface area contributed by atoms with Crippen LogP contribution in [-0.4, -0.2) is 4.98 Å². The van der Waals surface area contributed by atoms with Gasteiger partial charge in [-0.2, -0.15) is 0 Å². The molecule has 0 atom stereocenters. The van der Waals surface area contributed by atoms with Crippen LogP contribution in [0.5, 0.6) is 0 Å². The van der Waals surface area contributed by atoms with Crippen LogP contribution < -0.4 is 0 Å². The number of aryl methyl sites for hydroxylation is 1. The molecule has 2 heteroatoms. The van der Waals surface area contributed by atoms with E-state index in [1.165, 1.54) is 0 Å². The second kappa shape index (κ2) is 4.22. The molecule has 88 valence electrons. The van der Waals surface area contributed by atoms with Gasteiger partial charge in [0, 0.05) is 10.9 Å². The second-order valence-corrected chi connectivity index (χ2v) is 4.38. The first-order valence-electron chi connectivity index (χ1n) is 5.86. The molecule has 0 radical (unpaired) electrons. The van der Waals surface area contributed by atoms with Crippen LogP contribution in [0.4, 0.5) is 4.39 Å². The third-order valence-corrected chi connectivity index (χ3v) is 2.97. The molecule has 0 unspecified atom stereocenters. The number of benzene rings is 2. The van der Waals surface area contributed by atoms with Crippen molar-refractivity contribution in [3.05, 3.63) is 66.0 Å². The molecule has 1 heterocycles. The van der Waals surface area contributed by atoms with E-state index in [4.69, 9.17) is 0 Å². The van der Waals surface area contributed by atoms with Crippen LogP contribution in [0.3, 0.4) is 0 Å². The summed E-state index contributed by atoms with van der Waals surface area (Å²) in [7, 11) is 0. The van der Waals surface area contributed by atoms with E-state index in [0.717, 1.165) is 22.0 Å². The molecule has 0 bridgehead atoms.